The molecule has 14 heteroatoms. The summed E-state index contributed by atoms with van der Waals surface area (Å²) in [6.07, 6.45) is 7.29. The van der Waals surface area contributed by atoms with E-state index in [0.29, 0.717) is 51.4 Å². The second kappa shape index (κ2) is 16.3. The molecule has 4 aliphatic heterocycles. The van der Waals surface area contributed by atoms with Gasteiger partial charge >= 0.3 is 0 Å². The predicted molar refractivity (Wildman–Crippen MR) is 170 cm³/mol. The van der Waals surface area contributed by atoms with E-state index in [2.05, 4.69) is 15.5 Å². The molecular formula is C31H53ClFN5O6S. The highest BCUT2D eigenvalue weighted by Crippen LogP contribution is 2.35. The molecule has 0 radical (unpaired) electrons. The molecule has 45 heavy (non-hydrogen) atoms. The Labute approximate surface area is 273 Å². The van der Waals surface area contributed by atoms with Gasteiger partial charge in [-0.1, -0.05) is 0 Å². The Kier molecular flexibility index (Phi) is 12.8. The summed E-state index contributed by atoms with van der Waals surface area (Å²) in [5.41, 5.74) is 0. The van der Waals surface area contributed by atoms with E-state index < -0.39 is 16.3 Å². The molecular weight excluding hydrogens is 625 g/mol. The van der Waals surface area contributed by atoms with Crippen LogP contribution in [0, 0.1) is 17.8 Å². The number of nitrogens with one attached hydrogen (secondary N) is 2. The quantitative estimate of drug-likeness (QED) is 0.153. The van der Waals surface area contributed by atoms with Crippen molar-refractivity contribution < 1.29 is 31.7 Å². The van der Waals surface area contributed by atoms with Gasteiger partial charge in [-0.05, 0) is 69.6 Å². The van der Waals surface area contributed by atoms with Crippen LogP contribution in [0.4, 0.5) is 4.39 Å². The van der Waals surface area contributed by atoms with Gasteiger partial charge in [-0.15, -0.1) is 11.6 Å². The number of alkyl halides is 2. The van der Waals surface area contributed by atoms with E-state index in [9.17, 15) is 18.0 Å². The second-order valence-corrected chi connectivity index (χ2v) is 16.2. The third kappa shape index (κ3) is 10.2. The average molecular weight is 678 g/mol. The Morgan fingerprint density at radius 2 is 1.71 bits per heavy atom. The predicted octanol–water partition coefficient (Wildman–Crippen LogP) is 2.59. The first kappa shape index (κ1) is 35.2. The molecule has 0 aromatic heterocycles. The van der Waals surface area contributed by atoms with E-state index in [4.69, 9.17) is 20.9 Å². The fourth-order valence-electron chi connectivity index (χ4n) is 8.06. The van der Waals surface area contributed by atoms with Crippen LogP contribution in [0.2, 0.25) is 0 Å². The zero-order chi connectivity index (χ0) is 32.0. The van der Waals surface area contributed by atoms with Crippen molar-refractivity contribution in [1.29, 1.82) is 0 Å². The van der Waals surface area contributed by atoms with Crippen molar-refractivity contribution >= 4 is 33.5 Å². The molecule has 258 valence electrons. The minimum absolute atomic E-state index is 0.0222. The van der Waals surface area contributed by atoms with Gasteiger partial charge in [0, 0.05) is 77.6 Å². The number of rotatable bonds is 13. The third-order valence-electron chi connectivity index (χ3n) is 10.7. The van der Waals surface area contributed by atoms with E-state index in [1.165, 1.54) is 12.8 Å². The van der Waals surface area contributed by atoms with E-state index in [1.807, 2.05) is 9.80 Å². The number of nitrogens with zero attached hydrogens (tertiary/aromatic N) is 3. The van der Waals surface area contributed by atoms with Gasteiger partial charge in [-0.2, -0.15) is 8.42 Å². The van der Waals surface area contributed by atoms with Gasteiger partial charge in [-0.25, -0.2) is 4.39 Å². The van der Waals surface area contributed by atoms with Crippen LogP contribution < -0.4 is 10.6 Å². The molecule has 2 amide bonds. The SMILES string of the molecule is O=C(CC1CCC(OCCCC2CCN(C3NCC(Cl)CN3)CC2)CC1F)N1C[C@H]2CCN(C(=O)CCCCS(=O)(=O)O)[C@H]2C1. The van der Waals surface area contributed by atoms with Crippen LogP contribution in [0.25, 0.3) is 0 Å². The smallest absolute Gasteiger partial charge is 0.264 e. The van der Waals surface area contributed by atoms with Crippen molar-refractivity contribution in [3.05, 3.63) is 0 Å². The molecule has 4 saturated heterocycles. The highest BCUT2D eigenvalue weighted by molar-refractivity contribution is 7.85. The number of likely N-dealkylation sites (tertiary alicyclic amines) is 3. The molecule has 5 aliphatic rings. The lowest BCUT2D eigenvalue weighted by molar-refractivity contribution is -0.135. The average Bonchev–Trinajstić information content (AvgIpc) is 3.61. The Hall–Kier alpha value is -1.09. The van der Waals surface area contributed by atoms with Gasteiger partial charge in [0.25, 0.3) is 10.1 Å². The maximum Gasteiger partial charge on any atom is 0.264 e. The van der Waals surface area contributed by atoms with E-state index in [-0.39, 0.29) is 72.5 Å². The molecule has 11 nitrogen and oxygen atoms in total. The molecule has 1 aliphatic carbocycles. The van der Waals surface area contributed by atoms with Crippen molar-refractivity contribution in [2.75, 3.05) is 58.2 Å². The molecule has 3 unspecified atom stereocenters. The van der Waals surface area contributed by atoms with Crippen LogP contribution in [0.15, 0.2) is 0 Å². The van der Waals surface area contributed by atoms with Crippen molar-refractivity contribution in [2.45, 2.75) is 107 Å². The van der Waals surface area contributed by atoms with Gasteiger partial charge in [0.2, 0.25) is 11.8 Å². The summed E-state index contributed by atoms with van der Waals surface area (Å²) in [5.74, 6) is 0.256. The minimum Gasteiger partial charge on any atom is -0.378 e. The Bertz CT molecular complexity index is 1090. The number of carbonyl (C=O) groups is 2. The lowest BCUT2D eigenvalue weighted by Gasteiger charge is -2.41. The topological polar surface area (TPSA) is 132 Å². The normalized spacial score (nSPS) is 33.4. The molecule has 5 rings (SSSR count). The van der Waals surface area contributed by atoms with Crippen LogP contribution in [0.3, 0.4) is 0 Å². The first-order chi connectivity index (χ1) is 21.6. The van der Waals surface area contributed by atoms with Crippen LogP contribution in [0.1, 0.15) is 77.0 Å². The first-order valence-electron chi connectivity index (χ1n) is 17.2. The number of hydrogen-bond acceptors (Lipinski definition) is 8. The van der Waals surface area contributed by atoms with Crippen molar-refractivity contribution in [3.8, 4) is 0 Å². The zero-order valence-corrected chi connectivity index (χ0v) is 28.0. The zero-order valence-electron chi connectivity index (χ0n) is 26.5. The minimum atomic E-state index is -4.02. The van der Waals surface area contributed by atoms with Gasteiger partial charge in [0.1, 0.15) is 12.5 Å². The summed E-state index contributed by atoms with van der Waals surface area (Å²) in [4.78, 5) is 32.0. The molecule has 5 atom stereocenters. The van der Waals surface area contributed by atoms with E-state index >= 15 is 4.39 Å². The summed E-state index contributed by atoms with van der Waals surface area (Å²) >= 11 is 6.16. The Morgan fingerprint density at radius 1 is 0.956 bits per heavy atom. The third-order valence-corrected chi connectivity index (χ3v) is 11.9. The molecule has 1 saturated carbocycles. The Morgan fingerprint density at radius 3 is 2.42 bits per heavy atom. The van der Waals surface area contributed by atoms with E-state index in [1.54, 1.807) is 0 Å². The largest absolute Gasteiger partial charge is 0.378 e. The van der Waals surface area contributed by atoms with E-state index in [0.717, 1.165) is 51.9 Å². The molecule has 0 bridgehead atoms. The summed E-state index contributed by atoms with van der Waals surface area (Å²) in [6.45, 7) is 6.23. The number of ether oxygens (including phenoxy) is 1. The number of halogens is 2. The van der Waals surface area contributed by atoms with Crippen molar-refractivity contribution in [3.63, 3.8) is 0 Å². The van der Waals surface area contributed by atoms with Crippen LogP contribution >= 0.6 is 11.6 Å². The first-order valence-corrected chi connectivity index (χ1v) is 19.2. The maximum absolute atomic E-state index is 15.2. The van der Waals surface area contributed by atoms with Crippen molar-refractivity contribution in [1.82, 2.24) is 25.3 Å². The van der Waals surface area contributed by atoms with Gasteiger partial charge < -0.3 is 14.5 Å². The summed E-state index contributed by atoms with van der Waals surface area (Å²) < 4.78 is 52.0. The molecule has 0 aromatic rings. The summed E-state index contributed by atoms with van der Waals surface area (Å²) in [7, 11) is -4.02. The van der Waals surface area contributed by atoms with Gasteiger partial charge in [0.05, 0.1) is 23.3 Å². The maximum atomic E-state index is 15.2. The lowest BCUT2D eigenvalue weighted by Crippen LogP contribution is -2.62. The summed E-state index contributed by atoms with van der Waals surface area (Å²) in [6, 6.07) is -0.0222. The van der Waals surface area contributed by atoms with Crippen LogP contribution in [0.5, 0.6) is 0 Å². The number of piperidine rings is 1. The number of unbranched alkanes of at least 4 members (excludes halogenated alkanes) is 1. The fourth-order valence-corrected chi connectivity index (χ4v) is 8.81. The number of hydrogen-bond donors (Lipinski definition) is 3. The molecule has 4 heterocycles. The lowest BCUT2D eigenvalue weighted by atomic mass is 9.83. The molecule has 3 N–H and O–H groups in total. The number of fused-ring (bicyclic) bond motifs is 1. The molecule has 0 aromatic carbocycles. The van der Waals surface area contributed by atoms with Crippen molar-refractivity contribution in [2.24, 2.45) is 17.8 Å². The highest BCUT2D eigenvalue weighted by atomic mass is 35.5. The fraction of sp³-hybridized carbons (Fsp3) is 0.935. The summed E-state index contributed by atoms with van der Waals surface area (Å²) in [5, 5.41) is 7.11. The monoisotopic (exact) mass is 677 g/mol. The Balaban J connectivity index is 0.937. The number of carbonyl (C=O) groups excluding carboxylic acids is 2. The molecule has 0 spiro atoms. The van der Waals surface area contributed by atoms with Crippen LogP contribution in [-0.4, -0.2) is 128 Å². The van der Waals surface area contributed by atoms with Gasteiger partial charge in [0.15, 0.2) is 0 Å². The van der Waals surface area contributed by atoms with Crippen LogP contribution in [-0.2, 0) is 24.4 Å². The molecule has 5 fully saturated rings. The second-order valence-electron chi connectivity index (χ2n) is 14.0. The number of amides is 2. The standard InChI is InChI=1S/C31H53ClFN5O6S/c32-25-18-34-31(35-19-25)36-11-8-22(9-12-36)4-3-14-44-26-7-6-23(27(33)17-26)16-30(40)37-20-24-10-13-38(28(24)21-37)29(39)5-1-2-15-45(41,42)43/h22-28,31,34-35H,1-21H2,(H,41,42,43)/t23?,24-,25?,26?,27?,28+,31?/m1/s1. The van der Waals surface area contributed by atoms with Gasteiger partial charge in [-0.3, -0.25) is 29.7 Å². The highest BCUT2D eigenvalue weighted by Gasteiger charge is 2.45.